The third kappa shape index (κ3) is 9.47. The molecule has 50 heavy (non-hydrogen) atoms. The minimum atomic E-state index is 0.827. The summed E-state index contributed by atoms with van der Waals surface area (Å²) in [7, 11) is 0. The van der Waals surface area contributed by atoms with E-state index < -0.39 is 0 Å². The topological polar surface area (TPSA) is 6.48 Å². The maximum atomic E-state index is 3.19. The zero-order chi connectivity index (χ0) is 34.5. The number of hydrogen-bond acceptors (Lipinski definition) is 2. The van der Waals surface area contributed by atoms with Crippen LogP contribution < -0.4 is 0 Å². The van der Waals surface area contributed by atoms with Gasteiger partial charge in [-0.2, -0.15) is 0 Å². The maximum absolute atomic E-state index is 3.19. The van der Waals surface area contributed by atoms with E-state index in [0.29, 0.717) is 0 Å². The van der Waals surface area contributed by atoms with Gasteiger partial charge in [-0.1, -0.05) is 78.4 Å². The lowest BCUT2D eigenvalue weighted by Crippen LogP contribution is -2.52. The van der Waals surface area contributed by atoms with Crippen LogP contribution in [0, 0.1) is 47.3 Å². The monoisotopic (exact) mass is 689 g/mol. The molecule has 7 rings (SSSR count). The van der Waals surface area contributed by atoms with Crippen molar-refractivity contribution in [1.29, 1.82) is 0 Å². The second-order valence-electron chi connectivity index (χ2n) is 20.6. The van der Waals surface area contributed by atoms with Crippen molar-refractivity contribution in [2.45, 2.75) is 244 Å². The van der Waals surface area contributed by atoms with Crippen LogP contribution in [0.5, 0.6) is 0 Å². The van der Waals surface area contributed by atoms with Gasteiger partial charge in [0.2, 0.25) is 0 Å². The number of nitrogens with zero attached hydrogens (tertiary/aromatic N) is 2. The molecule has 0 bridgehead atoms. The lowest BCUT2D eigenvalue weighted by molar-refractivity contribution is 0.000795. The Bertz CT molecular complexity index is 951. The molecule has 7 fully saturated rings. The molecule has 0 aromatic heterocycles. The van der Waals surface area contributed by atoms with E-state index in [1.54, 1.807) is 0 Å². The summed E-state index contributed by atoms with van der Waals surface area (Å²) in [6, 6.07) is 5.40. The molecule has 0 amide bonds. The highest BCUT2D eigenvalue weighted by Crippen LogP contribution is 2.48. The maximum Gasteiger partial charge on any atom is 0.0102 e. The Hall–Kier alpha value is -0.340. The second kappa shape index (κ2) is 18.3. The van der Waals surface area contributed by atoms with Crippen molar-refractivity contribution in [3.8, 4) is 0 Å². The predicted octanol–water partition coefficient (Wildman–Crippen LogP) is 13.4. The minimum absolute atomic E-state index is 0.827. The van der Waals surface area contributed by atoms with Crippen LogP contribution in [0.15, 0.2) is 12.2 Å². The van der Waals surface area contributed by atoms with Crippen molar-refractivity contribution >= 4 is 0 Å². The molecule has 0 spiro atoms. The van der Waals surface area contributed by atoms with Crippen molar-refractivity contribution in [2.24, 2.45) is 47.3 Å². The van der Waals surface area contributed by atoms with Crippen molar-refractivity contribution in [3.05, 3.63) is 12.2 Å². The molecule has 0 aliphatic heterocycles. The van der Waals surface area contributed by atoms with E-state index in [1.807, 2.05) is 0 Å². The molecule has 7 aliphatic rings. The predicted molar refractivity (Wildman–Crippen MR) is 215 cm³/mol. The van der Waals surface area contributed by atoms with Crippen LogP contribution in [0.1, 0.15) is 207 Å². The van der Waals surface area contributed by atoms with Gasteiger partial charge in [0, 0.05) is 36.3 Å². The van der Waals surface area contributed by atoms with Gasteiger partial charge in [0.05, 0.1) is 0 Å². The smallest absolute Gasteiger partial charge is 0.0102 e. The molecule has 2 nitrogen and oxygen atoms in total. The summed E-state index contributed by atoms with van der Waals surface area (Å²) < 4.78 is 0. The molecule has 4 atom stereocenters. The summed E-state index contributed by atoms with van der Waals surface area (Å²) in [5, 5.41) is 0. The van der Waals surface area contributed by atoms with Crippen molar-refractivity contribution in [3.63, 3.8) is 0 Å². The van der Waals surface area contributed by atoms with Gasteiger partial charge < -0.3 is 0 Å². The molecule has 4 unspecified atom stereocenters. The van der Waals surface area contributed by atoms with Gasteiger partial charge in [-0.05, 0) is 189 Å². The van der Waals surface area contributed by atoms with Crippen LogP contribution in [0.4, 0.5) is 0 Å². The average molecular weight is 689 g/mol. The molecule has 0 aromatic carbocycles. The summed E-state index contributed by atoms with van der Waals surface area (Å²) >= 11 is 0. The van der Waals surface area contributed by atoms with Gasteiger partial charge in [-0.3, -0.25) is 9.80 Å². The summed E-state index contributed by atoms with van der Waals surface area (Å²) in [5.74, 6) is 7.38. The van der Waals surface area contributed by atoms with E-state index in [-0.39, 0.29) is 0 Å². The molecule has 0 heterocycles. The number of allylic oxidation sites excluding steroid dienone is 2. The quantitative estimate of drug-likeness (QED) is 0.223. The molecular weight excluding hydrogens is 605 g/mol. The molecule has 0 saturated heterocycles. The van der Waals surface area contributed by atoms with E-state index in [9.17, 15) is 0 Å². The Morgan fingerprint density at radius 3 is 1.22 bits per heavy atom. The first-order valence-electron chi connectivity index (χ1n) is 23.7. The third-order valence-corrected chi connectivity index (χ3v) is 17.1. The Labute approximate surface area is 312 Å². The second-order valence-corrected chi connectivity index (χ2v) is 20.6. The first-order valence-corrected chi connectivity index (χ1v) is 23.7. The van der Waals surface area contributed by atoms with Gasteiger partial charge in [0.25, 0.3) is 0 Å². The van der Waals surface area contributed by atoms with E-state index in [2.05, 4.69) is 49.6 Å². The molecule has 286 valence electrons. The largest absolute Gasteiger partial charge is 0.294 e. The zero-order valence-electron chi connectivity index (χ0n) is 33.9. The van der Waals surface area contributed by atoms with Crippen LogP contribution in [0.2, 0.25) is 0 Å². The van der Waals surface area contributed by atoms with E-state index >= 15 is 0 Å². The molecular formula is C48H84N2. The minimum Gasteiger partial charge on any atom is -0.294 e. The first kappa shape index (κ1) is 38.0. The molecule has 0 radical (unpaired) electrons. The van der Waals surface area contributed by atoms with E-state index in [1.165, 1.54) is 180 Å². The Balaban J connectivity index is 0.886. The first-order chi connectivity index (χ1) is 24.4. The third-order valence-electron chi connectivity index (χ3n) is 17.1. The molecule has 7 saturated carbocycles. The molecule has 0 aromatic rings. The van der Waals surface area contributed by atoms with Crippen molar-refractivity contribution < 1.29 is 0 Å². The van der Waals surface area contributed by atoms with Crippen molar-refractivity contribution in [2.75, 3.05) is 0 Å². The van der Waals surface area contributed by atoms with Gasteiger partial charge in [0.1, 0.15) is 0 Å². The highest BCUT2D eigenvalue weighted by atomic mass is 15.2. The lowest BCUT2D eigenvalue weighted by atomic mass is 9.62. The molecule has 2 heteroatoms. The normalized spacial score (nSPS) is 43.5. The summed E-state index contributed by atoms with van der Waals surface area (Å²) in [6.07, 6.45) is 47.2. The Morgan fingerprint density at radius 1 is 0.360 bits per heavy atom. The van der Waals surface area contributed by atoms with Crippen LogP contribution in [0.3, 0.4) is 0 Å². The van der Waals surface area contributed by atoms with Gasteiger partial charge in [0.15, 0.2) is 0 Å². The average Bonchev–Trinajstić information content (AvgIpc) is 3.15. The summed E-state index contributed by atoms with van der Waals surface area (Å²) in [4.78, 5) is 6.37. The zero-order valence-corrected chi connectivity index (χ0v) is 33.9. The summed E-state index contributed by atoms with van der Waals surface area (Å²) in [6.45, 7) is 10.3. The van der Waals surface area contributed by atoms with Crippen molar-refractivity contribution in [1.82, 2.24) is 9.80 Å². The van der Waals surface area contributed by atoms with Gasteiger partial charge in [-0.25, -0.2) is 0 Å². The van der Waals surface area contributed by atoms with Gasteiger partial charge >= 0.3 is 0 Å². The van der Waals surface area contributed by atoms with Crippen LogP contribution in [0.25, 0.3) is 0 Å². The number of hydrogen-bond donors (Lipinski definition) is 0. The molecule has 7 aliphatic carbocycles. The Kier molecular flexibility index (Phi) is 13.9. The fourth-order valence-corrected chi connectivity index (χ4v) is 13.9. The van der Waals surface area contributed by atoms with Crippen LogP contribution in [-0.4, -0.2) is 46.1 Å². The number of rotatable bonds is 9. The highest BCUT2D eigenvalue weighted by Gasteiger charge is 2.41. The van der Waals surface area contributed by atoms with E-state index in [0.717, 1.165) is 83.6 Å². The summed E-state index contributed by atoms with van der Waals surface area (Å²) in [5.41, 5.74) is 0. The lowest BCUT2D eigenvalue weighted by Gasteiger charge is -2.50. The van der Waals surface area contributed by atoms with Gasteiger partial charge in [-0.15, -0.1) is 0 Å². The fraction of sp³-hybridized carbons (Fsp3) is 0.958. The molecule has 0 N–H and O–H groups in total. The standard InChI is InChI=1S/C48H84N2/c1-35-15-25-44(26-16-35)50(45-27-17-36(2)18-28-45)46-29-20-39(21-30-46)19-22-41-33-38(4)48(34-37(41)3)40-23-31-47(32-24-40)49(42-11-7-5-8-12-42)43-13-9-6-10-14-43/h19,22,35-48H,5-18,20-21,23-34H2,1-4H3/b22-19+. The van der Waals surface area contributed by atoms with E-state index in [4.69, 9.17) is 0 Å². The Morgan fingerprint density at radius 2 is 0.760 bits per heavy atom. The van der Waals surface area contributed by atoms with Crippen LogP contribution in [-0.2, 0) is 0 Å². The highest BCUT2D eigenvalue weighted by molar-refractivity contribution is 5.02. The van der Waals surface area contributed by atoms with Crippen LogP contribution >= 0.6 is 0 Å². The fourth-order valence-electron chi connectivity index (χ4n) is 13.9. The SMILES string of the molecule is CC1CCC(N(C2CCC(C)CC2)C2CCC(/C=C/C3CC(C)C(C4CCC(N(C5CCCCC5)C5CCCCC5)CC4)CC3C)CC2)CC1.